The quantitative estimate of drug-likeness (QED) is 0.806. The predicted molar refractivity (Wildman–Crippen MR) is 105 cm³/mol. The first kappa shape index (κ1) is 19.0. The maximum absolute atomic E-state index is 12.5. The van der Waals surface area contributed by atoms with Crippen molar-refractivity contribution in [2.45, 2.75) is 39.5 Å². The fourth-order valence-corrected chi connectivity index (χ4v) is 3.84. The molecular formula is C22H25NO4. The van der Waals surface area contributed by atoms with Crippen LogP contribution in [0.2, 0.25) is 0 Å². The van der Waals surface area contributed by atoms with Gasteiger partial charge in [-0.15, -0.1) is 0 Å². The Bertz CT molecular complexity index is 876. The molecule has 3 rings (SSSR count). The molecule has 0 spiro atoms. The number of hydrogen-bond acceptors (Lipinski definition) is 3. The van der Waals surface area contributed by atoms with E-state index in [9.17, 15) is 14.7 Å². The molecule has 0 aromatic heterocycles. The van der Waals surface area contributed by atoms with Gasteiger partial charge in [-0.25, -0.2) is 4.79 Å². The van der Waals surface area contributed by atoms with Gasteiger partial charge in [-0.3, -0.25) is 4.79 Å². The summed E-state index contributed by atoms with van der Waals surface area (Å²) in [6.45, 7) is 4.19. The number of ether oxygens (including phenoxy) is 1. The summed E-state index contributed by atoms with van der Waals surface area (Å²) in [5, 5.41) is 12.1. The summed E-state index contributed by atoms with van der Waals surface area (Å²) in [6.07, 6.45) is 6.65. The molecule has 2 aliphatic carbocycles. The number of aliphatic carboxylic acids is 1. The highest BCUT2D eigenvalue weighted by Crippen LogP contribution is 2.35. The largest absolute Gasteiger partial charge is 0.501 e. The summed E-state index contributed by atoms with van der Waals surface area (Å²) >= 11 is 0. The average molecular weight is 367 g/mol. The van der Waals surface area contributed by atoms with Crippen molar-refractivity contribution in [1.82, 2.24) is 0 Å². The van der Waals surface area contributed by atoms with Crippen LogP contribution in [-0.2, 0) is 14.3 Å². The fourth-order valence-electron chi connectivity index (χ4n) is 3.84. The van der Waals surface area contributed by atoms with E-state index in [1.807, 2.05) is 31.2 Å². The summed E-state index contributed by atoms with van der Waals surface area (Å²) in [5.41, 5.74) is 4.78. The van der Waals surface area contributed by atoms with Gasteiger partial charge in [-0.2, -0.15) is 0 Å². The van der Waals surface area contributed by atoms with Crippen LogP contribution in [0.25, 0.3) is 5.57 Å². The third kappa shape index (κ3) is 3.97. The number of amides is 1. The Balaban J connectivity index is 1.81. The van der Waals surface area contributed by atoms with Crippen LogP contribution in [0, 0.1) is 12.8 Å². The Morgan fingerprint density at radius 2 is 1.93 bits per heavy atom. The van der Waals surface area contributed by atoms with Gasteiger partial charge >= 0.3 is 5.97 Å². The fraction of sp³-hybridized carbons (Fsp3) is 0.364. The molecule has 0 saturated carbocycles. The van der Waals surface area contributed by atoms with Gasteiger partial charge in [0.25, 0.3) is 5.91 Å². The molecule has 27 heavy (non-hydrogen) atoms. The van der Waals surface area contributed by atoms with Gasteiger partial charge in [0.05, 0.1) is 12.9 Å². The zero-order valence-electron chi connectivity index (χ0n) is 16.0. The average Bonchev–Trinajstić information content (AvgIpc) is 3.12. The van der Waals surface area contributed by atoms with Crippen molar-refractivity contribution >= 4 is 23.1 Å². The van der Waals surface area contributed by atoms with E-state index in [4.69, 9.17) is 4.74 Å². The van der Waals surface area contributed by atoms with Gasteiger partial charge in [0.2, 0.25) is 0 Å². The van der Waals surface area contributed by atoms with Crippen LogP contribution in [0.3, 0.4) is 0 Å². The van der Waals surface area contributed by atoms with E-state index in [1.54, 1.807) is 7.11 Å². The first-order chi connectivity index (χ1) is 12.9. The smallest absolute Gasteiger partial charge is 0.332 e. The molecule has 5 nitrogen and oxygen atoms in total. The first-order valence-electron chi connectivity index (χ1n) is 9.23. The lowest BCUT2D eigenvalue weighted by atomic mass is 9.85. The second kappa shape index (κ2) is 7.82. The Labute approximate surface area is 159 Å². The van der Waals surface area contributed by atoms with Crippen LogP contribution < -0.4 is 5.32 Å². The van der Waals surface area contributed by atoms with Crippen LogP contribution >= 0.6 is 0 Å². The second-order valence-electron chi connectivity index (χ2n) is 7.16. The Morgan fingerprint density at radius 1 is 1.19 bits per heavy atom. The van der Waals surface area contributed by atoms with Gasteiger partial charge in [-0.05, 0) is 67.0 Å². The lowest BCUT2D eigenvalue weighted by molar-refractivity contribution is -0.133. The van der Waals surface area contributed by atoms with Gasteiger partial charge in [0, 0.05) is 23.3 Å². The molecule has 2 aliphatic rings. The lowest BCUT2D eigenvalue weighted by Gasteiger charge is -2.23. The van der Waals surface area contributed by atoms with E-state index in [1.165, 1.54) is 5.57 Å². The third-order valence-corrected chi connectivity index (χ3v) is 5.29. The Kier molecular flexibility index (Phi) is 5.49. The number of hydrogen-bond donors (Lipinski definition) is 2. The van der Waals surface area contributed by atoms with E-state index in [-0.39, 0.29) is 11.5 Å². The number of aryl methyl sites for hydroxylation is 1. The van der Waals surface area contributed by atoms with Gasteiger partial charge in [-0.1, -0.05) is 19.1 Å². The molecule has 5 heteroatoms. The maximum atomic E-state index is 12.5. The van der Waals surface area contributed by atoms with Crippen LogP contribution in [0.5, 0.6) is 0 Å². The van der Waals surface area contributed by atoms with Crippen LogP contribution in [0.15, 0.2) is 47.3 Å². The van der Waals surface area contributed by atoms with Gasteiger partial charge < -0.3 is 15.2 Å². The number of carboxylic acid groups (broad SMARTS) is 1. The molecule has 0 aliphatic heterocycles. The number of carboxylic acids is 1. The van der Waals surface area contributed by atoms with E-state index in [0.717, 1.165) is 23.3 Å². The number of benzene rings is 1. The molecule has 0 fully saturated rings. The second-order valence-corrected chi connectivity index (χ2v) is 7.16. The minimum atomic E-state index is -0.995. The zero-order chi connectivity index (χ0) is 19.6. The first-order valence-corrected chi connectivity index (χ1v) is 9.23. The Morgan fingerprint density at radius 3 is 2.56 bits per heavy atom. The summed E-state index contributed by atoms with van der Waals surface area (Å²) in [4.78, 5) is 23.7. The standard InChI is InChI=1S/C22H25NO4/c1-13-11-15(23-21(24)19-5-4-6-20(19)22(25)26)7-9-17(13)18-10-8-16(27-3)12-14(18)2/h7-11,14H,4-6,12H2,1-3H3,(H,23,24)(H,25,26). The van der Waals surface area contributed by atoms with Crippen LogP contribution in [0.4, 0.5) is 5.69 Å². The summed E-state index contributed by atoms with van der Waals surface area (Å²) < 4.78 is 5.34. The number of nitrogens with one attached hydrogen (secondary N) is 1. The minimum Gasteiger partial charge on any atom is -0.501 e. The molecule has 2 N–H and O–H groups in total. The van der Waals surface area contributed by atoms with Crippen LogP contribution in [-0.4, -0.2) is 24.1 Å². The highest BCUT2D eigenvalue weighted by atomic mass is 16.5. The molecule has 1 unspecified atom stereocenters. The van der Waals surface area contributed by atoms with E-state index < -0.39 is 5.97 Å². The molecule has 0 radical (unpaired) electrons. The number of rotatable bonds is 5. The normalized spacial score (nSPS) is 19.4. The summed E-state index contributed by atoms with van der Waals surface area (Å²) in [6, 6.07) is 5.83. The number of methoxy groups -OCH3 is 1. The zero-order valence-corrected chi connectivity index (χ0v) is 16.0. The summed E-state index contributed by atoms with van der Waals surface area (Å²) in [7, 11) is 1.69. The van der Waals surface area contributed by atoms with Crippen molar-refractivity contribution in [3.05, 3.63) is 58.4 Å². The molecule has 1 aromatic rings. The number of anilines is 1. The molecule has 0 bridgehead atoms. The van der Waals surface area contributed by atoms with Crippen molar-refractivity contribution in [1.29, 1.82) is 0 Å². The van der Waals surface area contributed by atoms with Crippen molar-refractivity contribution in [2.75, 3.05) is 12.4 Å². The SMILES string of the molecule is COC1=CC=C(c2ccc(NC(=O)C3=C(C(=O)O)CCC3)cc2C)C(C)C1. The molecule has 0 saturated heterocycles. The van der Waals surface area contributed by atoms with Crippen molar-refractivity contribution < 1.29 is 19.4 Å². The molecule has 0 heterocycles. The van der Waals surface area contributed by atoms with Crippen molar-refractivity contribution in [3.63, 3.8) is 0 Å². The predicted octanol–water partition coefficient (Wildman–Crippen LogP) is 4.45. The summed E-state index contributed by atoms with van der Waals surface area (Å²) in [5.74, 6) is 0.0265. The molecule has 1 atom stereocenters. The van der Waals surface area contributed by atoms with Crippen LogP contribution in [0.1, 0.15) is 43.7 Å². The van der Waals surface area contributed by atoms with Gasteiger partial charge in [0.15, 0.2) is 0 Å². The third-order valence-electron chi connectivity index (χ3n) is 5.29. The van der Waals surface area contributed by atoms with Crippen molar-refractivity contribution in [3.8, 4) is 0 Å². The lowest BCUT2D eigenvalue weighted by Crippen LogP contribution is -2.16. The molecule has 1 amide bonds. The van der Waals surface area contributed by atoms with Gasteiger partial charge in [0.1, 0.15) is 0 Å². The topological polar surface area (TPSA) is 75.6 Å². The number of carbonyl (C=O) groups excluding carboxylic acids is 1. The van der Waals surface area contributed by atoms with E-state index in [2.05, 4.69) is 18.3 Å². The highest BCUT2D eigenvalue weighted by molar-refractivity contribution is 6.09. The highest BCUT2D eigenvalue weighted by Gasteiger charge is 2.25. The number of allylic oxidation sites excluding steroid dienone is 4. The monoisotopic (exact) mass is 367 g/mol. The number of carbonyl (C=O) groups is 2. The molecule has 142 valence electrons. The van der Waals surface area contributed by atoms with E-state index >= 15 is 0 Å². The maximum Gasteiger partial charge on any atom is 0.332 e. The molecule has 1 aromatic carbocycles. The minimum absolute atomic E-state index is 0.239. The van der Waals surface area contributed by atoms with Crippen molar-refractivity contribution in [2.24, 2.45) is 5.92 Å². The molecular weight excluding hydrogens is 342 g/mol. The van der Waals surface area contributed by atoms with E-state index in [0.29, 0.717) is 36.4 Å². The Hall–Kier alpha value is -2.82.